The number of anilines is 1. The number of carbonyl (C=O) groups excluding carboxylic acids is 1. The largest absolute Gasteiger partial charge is 0.455 e. The van der Waals surface area contributed by atoms with Crippen molar-refractivity contribution in [2.75, 3.05) is 10.8 Å². The summed E-state index contributed by atoms with van der Waals surface area (Å²) in [6, 6.07) is 19.3. The minimum Gasteiger partial charge on any atom is -0.455 e. The molecular weight excluding hydrogens is 540 g/mol. The number of benzene rings is 3. The molecule has 3 aromatic carbocycles. The molecule has 0 aliphatic rings. The fourth-order valence-electron chi connectivity index (χ4n) is 3.35. The van der Waals surface area contributed by atoms with Crippen molar-refractivity contribution in [3.8, 4) is 11.3 Å². The lowest BCUT2D eigenvalue weighted by molar-refractivity contribution is -0.119. The van der Waals surface area contributed by atoms with E-state index >= 15 is 0 Å². The van der Waals surface area contributed by atoms with Crippen molar-refractivity contribution in [1.29, 1.82) is 0 Å². The molecule has 4 rings (SSSR count). The molecule has 0 aliphatic carbocycles. The van der Waals surface area contributed by atoms with Crippen LogP contribution in [-0.2, 0) is 14.8 Å². The SMILES string of the molecule is Cc1ccc(S(=O)(=O)N(CC(=O)N/N=C/c2ccc(-c3ccc(Cl)cc3Cl)o2)c2ccc(F)cc2)cc1. The Labute approximate surface area is 223 Å². The monoisotopic (exact) mass is 559 g/mol. The number of halogens is 3. The fraction of sp³-hybridized carbons (Fsp3) is 0.0769. The van der Waals surface area contributed by atoms with Gasteiger partial charge in [-0.3, -0.25) is 9.10 Å². The van der Waals surface area contributed by atoms with E-state index in [1.807, 2.05) is 6.92 Å². The first-order chi connectivity index (χ1) is 17.6. The lowest BCUT2D eigenvalue weighted by Gasteiger charge is -2.23. The maximum atomic E-state index is 13.5. The molecule has 0 aliphatic heterocycles. The molecule has 1 aromatic heterocycles. The summed E-state index contributed by atoms with van der Waals surface area (Å²) >= 11 is 12.1. The molecule has 1 N–H and O–H groups in total. The Hall–Kier alpha value is -3.66. The maximum absolute atomic E-state index is 13.5. The van der Waals surface area contributed by atoms with E-state index in [2.05, 4.69) is 10.5 Å². The molecule has 4 aromatic rings. The van der Waals surface area contributed by atoms with Crippen LogP contribution in [0, 0.1) is 12.7 Å². The van der Waals surface area contributed by atoms with Gasteiger partial charge in [0.1, 0.15) is 23.9 Å². The third-order valence-electron chi connectivity index (χ3n) is 5.22. The van der Waals surface area contributed by atoms with E-state index in [9.17, 15) is 17.6 Å². The number of hydrogen-bond donors (Lipinski definition) is 1. The number of rotatable bonds is 8. The number of nitrogens with one attached hydrogen (secondary N) is 1. The zero-order chi connectivity index (χ0) is 26.6. The number of hydrazone groups is 1. The van der Waals surface area contributed by atoms with Crippen LogP contribution < -0.4 is 9.73 Å². The minimum absolute atomic E-state index is 0.0114. The normalized spacial score (nSPS) is 11.6. The summed E-state index contributed by atoms with van der Waals surface area (Å²) in [5.41, 5.74) is 3.92. The quantitative estimate of drug-likeness (QED) is 0.210. The van der Waals surface area contributed by atoms with Crippen molar-refractivity contribution in [2.24, 2.45) is 5.10 Å². The van der Waals surface area contributed by atoms with Gasteiger partial charge in [0, 0.05) is 10.6 Å². The van der Waals surface area contributed by atoms with E-state index < -0.39 is 28.3 Å². The molecule has 11 heteroatoms. The Balaban J connectivity index is 1.50. The summed E-state index contributed by atoms with van der Waals surface area (Å²) < 4.78 is 46.7. The molecular formula is C26H20Cl2FN3O4S. The summed E-state index contributed by atoms with van der Waals surface area (Å²) in [7, 11) is -4.13. The third kappa shape index (κ3) is 6.37. The van der Waals surface area contributed by atoms with Crippen LogP contribution in [0.1, 0.15) is 11.3 Å². The number of nitrogens with zero attached hydrogens (tertiary/aromatic N) is 2. The molecule has 1 amide bonds. The molecule has 0 fully saturated rings. The fourth-order valence-corrected chi connectivity index (χ4v) is 5.27. The zero-order valence-corrected chi connectivity index (χ0v) is 21.7. The van der Waals surface area contributed by atoms with E-state index in [1.165, 1.54) is 30.5 Å². The molecule has 0 saturated carbocycles. The Kier molecular flexibility index (Phi) is 7.97. The van der Waals surface area contributed by atoms with Crippen molar-refractivity contribution in [3.05, 3.63) is 106 Å². The van der Waals surface area contributed by atoms with Crippen LogP contribution in [0.15, 0.2) is 93.3 Å². The van der Waals surface area contributed by atoms with Gasteiger partial charge in [-0.2, -0.15) is 5.10 Å². The van der Waals surface area contributed by atoms with Crippen molar-refractivity contribution in [1.82, 2.24) is 5.43 Å². The third-order valence-corrected chi connectivity index (χ3v) is 7.55. The van der Waals surface area contributed by atoms with E-state index in [4.69, 9.17) is 27.6 Å². The summed E-state index contributed by atoms with van der Waals surface area (Å²) in [6.45, 7) is 1.23. The van der Waals surface area contributed by atoms with Crippen LogP contribution in [0.4, 0.5) is 10.1 Å². The highest BCUT2D eigenvalue weighted by molar-refractivity contribution is 7.92. The van der Waals surface area contributed by atoms with Gasteiger partial charge in [-0.15, -0.1) is 0 Å². The van der Waals surface area contributed by atoms with Gasteiger partial charge in [0.2, 0.25) is 0 Å². The van der Waals surface area contributed by atoms with E-state index in [0.717, 1.165) is 22.0 Å². The first kappa shape index (κ1) is 26.4. The molecule has 0 unspecified atom stereocenters. The molecule has 1 heterocycles. The second kappa shape index (κ2) is 11.2. The number of amides is 1. The molecule has 0 saturated heterocycles. The minimum atomic E-state index is -4.13. The molecule has 190 valence electrons. The molecule has 7 nitrogen and oxygen atoms in total. The molecule has 0 bridgehead atoms. The summed E-state index contributed by atoms with van der Waals surface area (Å²) in [4.78, 5) is 12.6. The second-order valence-corrected chi connectivity index (χ2v) is 10.6. The number of sulfonamides is 1. The Morgan fingerprint density at radius 1 is 1.03 bits per heavy atom. The number of aryl methyl sites for hydroxylation is 1. The van der Waals surface area contributed by atoms with Gasteiger partial charge in [-0.1, -0.05) is 40.9 Å². The van der Waals surface area contributed by atoms with Crippen LogP contribution in [0.3, 0.4) is 0 Å². The van der Waals surface area contributed by atoms with Crippen LogP contribution in [0.2, 0.25) is 10.0 Å². The van der Waals surface area contributed by atoms with Gasteiger partial charge in [-0.05, 0) is 73.7 Å². The standard InChI is InChI=1S/C26H20Cl2FN3O4S/c1-17-2-10-22(11-3-17)37(34,35)32(20-7-5-19(29)6-8-20)16-26(33)31-30-15-21-9-13-25(36-21)23-12-4-18(27)14-24(23)28/h2-15H,16H2,1H3,(H,31,33)/b30-15+. The van der Waals surface area contributed by atoms with Gasteiger partial charge in [0.25, 0.3) is 15.9 Å². The smallest absolute Gasteiger partial charge is 0.264 e. The van der Waals surface area contributed by atoms with Crippen LogP contribution in [0.25, 0.3) is 11.3 Å². The van der Waals surface area contributed by atoms with E-state index in [1.54, 1.807) is 42.5 Å². The van der Waals surface area contributed by atoms with Gasteiger partial charge in [0.05, 0.1) is 21.8 Å². The van der Waals surface area contributed by atoms with Gasteiger partial charge >= 0.3 is 0 Å². The lowest BCUT2D eigenvalue weighted by atomic mass is 10.2. The number of hydrogen-bond acceptors (Lipinski definition) is 5. The van der Waals surface area contributed by atoms with Crippen LogP contribution in [0.5, 0.6) is 0 Å². The van der Waals surface area contributed by atoms with Gasteiger partial charge < -0.3 is 4.42 Å². The Morgan fingerprint density at radius 3 is 2.41 bits per heavy atom. The summed E-state index contributed by atoms with van der Waals surface area (Å²) in [5.74, 6) is -0.461. The highest BCUT2D eigenvalue weighted by atomic mass is 35.5. The predicted molar refractivity (Wildman–Crippen MR) is 142 cm³/mol. The van der Waals surface area contributed by atoms with Crippen molar-refractivity contribution in [3.63, 3.8) is 0 Å². The van der Waals surface area contributed by atoms with Crippen molar-refractivity contribution >= 4 is 51.0 Å². The first-order valence-electron chi connectivity index (χ1n) is 10.9. The summed E-state index contributed by atoms with van der Waals surface area (Å²) in [5, 5.41) is 4.76. The summed E-state index contributed by atoms with van der Waals surface area (Å²) in [6.07, 6.45) is 1.27. The van der Waals surface area contributed by atoms with Gasteiger partial charge in [0.15, 0.2) is 0 Å². The second-order valence-electron chi connectivity index (χ2n) is 7.92. The first-order valence-corrected chi connectivity index (χ1v) is 13.1. The molecule has 37 heavy (non-hydrogen) atoms. The van der Waals surface area contributed by atoms with E-state index in [0.29, 0.717) is 27.1 Å². The van der Waals surface area contributed by atoms with E-state index in [-0.39, 0.29) is 10.6 Å². The topological polar surface area (TPSA) is 92.0 Å². The van der Waals surface area contributed by atoms with Crippen molar-refractivity contribution in [2.45, 2.75) is 11.8 Å². The van der Waals surface area contributed by atoms with Crippen LogP contribution in [-0.4, -0.2) is 27.1 Å². The Bertz CT molecular complexity index is 1550. The molecule has 0 atom stereocenters. The highest BCUT2D eigenvalue weighted by Crippen LogP contribution is 2.31. The zero-order valence-electron chi connectivity index (χ0n) is 19.4. The molecule has 0 radical (unpaired) electrons. The van der Waals surface area contributed by atoms with Gasteiger partial charge in [-0.25, -0.2) is 18.2 Å². The maximum Gasteiger partial charge on any atom is 0.264 e. The Morgan fingerprint density at radius 2 is 1.73 bits per heavy atom. The number of carbonyl (C=O) groups is 1. The molecule has 0 spiro atoms. The van der Waals surface area contributed by atoms with Crippen LogP contribution >= 0.6 is 23.2 Å². The predicted octanol–water partition coefficient (Wildman–Crippen LogP) is 6.05. The average Bonchev–Trinajstić information content (AvgIpc) is 3.32. The highest BCUT2D eigenvalue weighted by Gasteiger charge is 2.27. The van der Waals surface area contributed by atoms with Crippen molar-refractivity contribution < 1.29 is 22.0 Å². The average molecular weight is 560 g/mol. The lowest BCUT2D eigenvalue weighted by Crippen LogP contribution is -2.39. The number of furan rings is 1.